The van der Waals surface area contributed by atoms with E-state index < -0.39 is 0 Å². The second-order valence-corrected chi connectivity index (χ2v) is 7.19. The van der Waals surface area contributed by atoms with Crippen molar-refractivity contribution in [2.24, 2.45) is 0 Å². The zero-order valence-corrected chi connectivity index (χ0v) is 14.9. The number of nitrogens with zero attached hydrogens (tertiary/aromatic N) is 4. The summed E-state index contributed by atoms with van der Waals surface area (Å²) in [5.41, 5.74) is 3.99. The molecule has 0 saturated carbocycles. The molecule has 0 radical (unpaired) electrons. The van der Waals surface area contributed by atoms with Gasteiger partial charge in [0.15, 0.2) is 0 Å². The van der Waals surface area contributed by atoms with E-state index in [4.69, 9.17) is 4.42 Å². The van der Waals surface area contributed by atoms with E-state index in [1.807, 2.05) is 18.6 Å². The fraction of sp³-hybridized carbons (Fsp3) is 0.333. The van der Waals surface area contributed by atoms with E-state index in [2.05, 4.69) is 50.6 Å². The van der Waals surface area contributed by atoms with Crippen LogP contribution in [0.5, 0.6) is 0 Å². The molecule has 4 heterocycles. The van der Waals surface area contributed by atoms with Crippen LogP contribution in [0, 0.1) is 0 Å². The number of benzene rings is 1. The first-order valence-electron chi connectivity index (χ1n) is 9.32. The minimum absolute atomic E-state index is 0.703. The molecular weight excluding hydrogens is 324 g/mol. The average molecular weight is 346 g/mol. The molecule has 0 spiro atoms. The van der Waals surface area contributed by atoms with Crippen LogP contribution in [0.3, 0.4) is 0 Å². The molecule has 26 heavy (non-hydrogen) atoms. The molecule has 0 aliphatic carbocycles. The van der Waals surface area contributed by atoms with Gasteiger partial charge in [0, 0.05) is 36.3 Å². The van der Waals surface area contributed by atoms with Crippen LogP contribution in [0.4, 0.5) is 0 Å². The van der Waals surface area contributed by atoms with Crippen LogP contribution in [0.15, 0.2) is 53.5 Å². The van der Waals surface area contributed by atoms with Crippen LogP contribution in [-0.2, 0) is 6.42 Å². The number of imidazole rings is 1. The minimum Gasteiger partial charge on any atom is -0.461 e. The predicted molar refractivity (Wildman–Crippen MR) is 103 cm³/mol. The van der Waals surface area contributed by atoms with Crippen LogP contribution in [0.25, 0.3) is 27.7 Å². The van der Waals surface area contributed by atoms with E-state index in [-0.39, 0.29) is 0 Å². The standard InChI is InChI=1S/C21H22N4O/c1-15-3-2-9-24(15)10-7-18-12-16-11-17(4-5-21(16)26-18)25-14-23-19-6-8-22-13-20(19)25/h4-6,8,11-15H,2-3,7,9-10H2,1H3. The third kappa shape index (κ3) is 2.69. The number of aromatic nitrogens is 3. The van der Waals surface area contributed by atoms with Gasteiger partial charge in [-0.15, -0.1) is 0 Å². The summed E-state index contributed by atoms with van der Waals surface area (Å²) in [6, 6.07) is 11.1. The first-order chi connectivity index (χ1) is 12.8. The predicted octanol–water partition coefficient (Wildman–Crippen LogP) is 4.19. The van der Waals surface area contributed by atoms with Crippen molar-refractivity contribution >= 4 is 22.0 Å². The largest absolute Gasteiger partial charge is 0.461 e. The van der Waals surface area contributed by atoms with E-state index >= 15 is 0 Å². The molecular formula is C21H22N4O. The van der Waals surface area contributed by atoms with Gasteiger partial charge in [-0.25, -0.2) is 4.98 Å². The highest BCUT2D eigenvalue weighted by Crippen LogP contribution is 2.25. The summed E-state index contributed by atoms with van der Waals surface area (Å²) in [5, 5.41) is 1.14. The summed E-state index contributed by atoms with van der Waals surface area (Å²) in [7, 11) is 0. The lowest BCUT2D eigenvalue weighted by atomic mass is 10.2. The van der Waals surface area contributed by atoms with E-state index in [0.717, 1.165) is 46.4 Å². The van der Waals surface area contributed by atoms with Gasteiger partial charge in [0.1, 0.15) is 17.7 Å². The summed E-state index contributed by atoms with van der Waals surface area (Å²) >= 11 is 0. The van der Waals surface area contributed by atoms with Crippen LogP contribution in [-0.4, -0.2) is 38.6 Å². The lowest BCUT2D eigenvalue weighted by molar-refractivity contribution is 0.266. The molecule has 5 heteroatoms. The number of likely N-dealkylation sites (tertiary alicyclic amines) is 1. The van der Waals surface area contributed by atoms with Crippen LogP contribution in [0.1, 0.15) is 25.5 Å². The molecule has 1 unspecified atom stereocenters. The lowest BCUT2D eigenvalue weighted by Gasteiger charge is -2.19. The van der Waals surface area contributed by atoms with Gasteiger partial charge in [-0.1, -0.05) is 0 Å². The highest BCUT2D eigenvalue weighted by atomic mass is 16.3. The van der Waals surface area contributed by atoms with Crippen LogP contribution in [0.2, 0.25) is 0 Å². The van der Waals surface area contributed by atoms with Crippen LogP contribution >= 0.6 is 0 Å². The van der Waals surface area contributed by atoms with Gasteiger partial charge in [0.2, 0.25) is 0 Å². The number of hydrogen-bond acceptors (Lipinski definition) is 4. The summed E-state index contributed by atoms with van der Waals surface area (Å²) in [6.45, 7) is 4.61. The number of hydrogen-bond donors (Lipinski definition) is 0. The van der Waals surface area contributed by atoms with Gasteiger partial charge in [-0.2, -0.15) is 0 Å². The zero-order chi connectivity index (χ0) is 17.5. The van der Waals surface area contributed by atoms with Gasteiger partial charge < -0.3 is 9.32 Å². The van der Waals surface area contributed by atoms with Crippen molar-refractivity contribution in [3.05, 3.63) is 54.8 Å². The lowest BCUT2D eigenvalue weighted by Crippen LogP contribution is -2.28. The van der Waals surface area contributed by atoms with Gasteiger partial charge in [-0.3, -0.25) is 9.55 Å². The minimum atomic E-state index is 0.703. The third-order valence-corrected chi connectivity index (χ3v) is 5.51. The molecule has 1 aliphatic heterocycles. The highest BCUT2D eigenvalue weighted by Gasteiger charge is 2.20. The molecule has 1 aliphatic rings. The van der Waals surface area contributed by atoms with Gasteiger partial charge in [0.05, 0.1) is 17.2 Å². The molecule has 0 bridgehead atoms. The Morgan fingerprint density at radius 3 is 3.08 bits per heavy atom. The Balaban J connectivity index is 1.43. The summed E-state index contributed by atoms with van der Waals surface area (Å²) in [4.78, 5) is 11.2. The Kier molecular flexibility index (Phi) is 3.75. The quantitative estimate of drug-likeness (QED) is 0.556. The van der Waals surface area contributed by atoms with Gasteiger partial charge in [-0.05, 0) is 56.6 Å². The Bertz CT molecular complexity index is 1060. The maximum atomic E-state index is 6.06. The van der Waals surface area contributed by atoms with Crippen molar-refractivity contribution in [3.8, 4) is 5.69 Å². The van der Waals surface area contributed by atoms with Crippen molar-refractivity contribution in [1.29, 1.82) is 0 Å². The summed E-state index contributed by atoms with van der Waals surface area (Å²) in [5.74, 6) is 1.06. The molecule has 1 aromatic carbocycles. The van der Waals surface area contributed by atoms with E-state index in [0.29, 0.717) is 6.04 Å². The van der Waals surface area contributed by atoms with Gasteiger partial charge >= 0.3 is 0 Å². The molecule has 0 amide bonds. The number of fused-ring (bicyclic) bond motifs is 2. The summed E-state index contributed by atoms with van der Waals surface area (Å²) in [6.07, 6.45) is 9.07. The Labute approximate surface area is 152 Å². The second-order valence-electron chi connectivity index (χ2n) is 7.19. The monoisotopic (exact) mass is 346 g/mol. The topological polar surface area (TPSA) is 47.1 Å². The Morgan fingerprint density at radius 1 is 1.23 bits per heavy atom. The molecule has 1 atom stereocenters. The van der Waals surface area contributed by atoms with Crippen LogP contribution < -0.4 is 0 Å². The fourth-order valence-corrected chi connectivity index (χ4v) is 4.00. The van der Waals surface area contributed by atoms with E-state index in [1.165, 1.54) is 19.4 Å². The van der Waals surface area contributed by atoms with E-state index in [9.17, 15) is 0 Å². The Morgan fingerprint density at radius 2 is 2.19 bits per heavy atom. The molecule has 1 saturated heterocycles. The zero-order valence-electron chi connectivity index (χ0n) is 14.9. The second kappa shape index (κ2) is 6.25. The average Bonchev–Trinajstić information content (AvgIpc) is 3.36. The van der Waals surface area contributed by atoms with Gasteiger partial charge in [0.25, 0.3) is 0 Å². The van der Waals surface area contributed by atoms with Crippen molar-refractivity contribution in [1.82, 2.24) is 19.4 Å². The van der Waals surface area contributed by atoms with E-state index in [1.54, 1.807) is 6.20 Å². The third-order valence-electron chi connectivity index (χ3n) is 5.51. The first kappa shape index (κ1) is 15.6. The smallest absolute Gasteiger partial charge is 0.134 e. The summed E-state index contributed by atoms with van der Waals surface area (Å²) < 4.78 is 8.13. The molecule has 3 aromatic heterocycles. The molecule has 4 aromatic rings. The number of pyridine rings is 1. The number of rotatable bonds is 4. The Hall–Kier alpha value is -2.66. The molecule has 132 valence electrons. The molecule has 5 nitrogen and oxygen atoms in total. The van der Waals surface area contributed by atoms with Crippen molar-refractivity contribution in [3.63, 3.8) is 0 Å². The first-order valence-corrected chi connectivity index (χ1v) is 9.32. The van der Waals surface area contributed by atoms with Crippen molar-refractivity contribution in [2.45, 2.75) is 32.2 Å². The maximum Gasteiger partial charge on any atom is 0.134 e. The normalized spacial score (nSPS) is 18.3. The highest BCUT2D eigenvalue weighted by molar-refractivity contribution is 5.82. The maximum absolute atomic E-state index is 6.06. The fourth-order valence-electron chi connectivity index (χ4n) is 4.00. The van der Waals surface area contributed by atoms with Crippen molar-refractivity contribution < 1.29 is 4.42 Å². The molecule has 1 fully saturated rings. The number of furan rings is 1. The SMILES string of the molecule is CC1CCCN1CCc1cc2cc(-n3cnc4ccncc43)ccc2o1. The van der Waals surface area contributed by atoms with Crippen molar-refractivity contribution in [2.75, 3.05) is 13.1 Å². The molecule has 0 N–H and O–H groups in total. The molecule has 5 rings (SSSR count).